The molecule has 0 bridgehead atoms. The number of ether oxygens (including phenoxy) is 1. The average molecular weight is 546 g/mol. The minimum absolute atomic E-state index is 0.202. The molecule has 2 rings (SSSR count). The third kappa shape index (κ3) is 7.67. The summed E-state index contributed by atoms with van der Waals surface area (Å²) in [4.78, 5) is 26.4. The Morgan fingerprint density at radius 1 is 1.30 bits per heavy atom. The number of esters is 1. The van der Waals surface area contributed by atoms with Gasteiger partial charge in [0.25, 0.3) is 5.91 Å². The molecule has 6 nitrogen and oxygen atoms in total. The van der Waals surface area contributed by atoms with Crippen molar-refractivity contribution in [3.05, 3.63) is 64.5 Å². The first kappa shape index (κ1) is 31.9. The predicted molar refractivity (Wildman–Crippen MR) is 137 cm³/mol. The van der Waals surface area contributed by atoms with E-state index in [1.807, 2.05) is 13.8 Å². The zero-order valence-electron chi connectivity index (χ0n) is 21.4. The van der Waals surface area contributed by atoms with Crippen molar-refractivity contribution in [2.45, 2.75) is 40.3 Å². The van der Waals surface area contributed by atoms with Crippen molar-refractivity contribution in [2.24, 2.45) is 11.8 Å². The van der Waals surface area contributed by atoms with Crippen LogP contribution in [0.2, 0.25) is 0 Å². The molecule has 1 amide bonds. The zero-order chi connectivity index (χ0) is 28.5. The van der Waals surface area contributed by atoms with Crippen LogP contribution < -0.4 is 5.32 Å². The maximum absolute atomic E-state index is 14.9. The summed E-state index contributed by atoms with van der Waals surface area (Å²) in [7, 11) is 1.29. The first-order valence-corrected chi connectivity index (χ1v) is 12.0. The molecule has 1 aromatic rings. The lowest BCUT2D eigenvalue weighted by atomic mass is 9.86. The van der Waals surface area contributed by atoms with Crippen molar-refractivity contribution in [3.8, 4) is 0 Å². The topological polar surface area (TPSA) is 82.5 Å². The molecule has 0 saturated carbocycles. The molecule has 1 aliphatic heterocycles. The summed E-state index contributed by atoms with van der Waals surface area (Å²) in [5.41, 5.74) is -2.67. The smallest absolute Gasteiger partial charge is 0.416 e. The van der Waals surface area contributed by atoms with Crippen LogP contribution in [0.15, 0.2) is 53.1 Å². The van der Waals surface area contributed by atoms with Crippen LogP contribution in [0.3, 0.4) is 0 Å². The monoisotopic (exact) mass is 545 g/mol. The molecular weight excluding hydrogens is 514 g/mol. The molecule has 0 spiro atoms. The number of piperidine rings is 1. The Kier molecular flexibility index (Phi) is 12.0. The van der Waals surface area contributed by atoms with Crippen molar-refractivity contribution in [3.63, 3.8) is 0 Å². The third-order valence-corrected chi connectivity index (χ3v) is 6.08. The number of halogens is 5. The number of carbonyl (C=O) groups is 2. The molecule has 2 N–H and O–H groups in total. The number of likely N-dealkylation sites (tertiary alicyclic amines) is 1. The van der Waals surface area contributed by atoms with Gasteiger partial charge in [-0.3, -0.25) is 15.0 Å². The highest BCUT2D eigenvalue weighted by atomic mass is 35.5. The third-order valence-electron chi connectivity index (χ3n) is 5.73. The van der Waals surface area contributed by atoms with Gasteiger partial charge in [0.2, 0.25) is 0 Å². The SMILES string of the molecule is C=C/C(Cl)=C(C(=O)Nc1cccc(F)c1C(=N)N1CCC(C(=O)OC)C(C)C1)\C(=C/C)C(F)(F)F.CC. The Hall–Kier alpha value is -3.14. The number of nitrogens with zero attached hydrogens (tertiary/aromatic N) is 1. The lowest BCUT2D eigenvalue weighted by Gasteiger charge is -2.37. The quantitative estimate of drug-likeness (QED) is 0.108. The van der Waals surface area contributed by atoms with Gasteiger partial charge < -0.3 is 15.0 Å². The number of nitrogens with one attached hydrogen (secondary N) is 2. The van der Waals surface area contributed by atoms with Gasteiger partial charge in [-0.25, -0.2) is 4.39 Å². The van der Waals surface area contributed by atoms with E-state index < -0.39 is 34.1 Å². The Bertz CT molecular complexity index is 1080. The Balaban J connectivity index is 0.00000334. The van der Waals surface area contributed by atoms with E-state index in [0.29, 0.717) is 12.5 Å². The molecule has 0 aliphatic carbocycles. The highest BCUT2D eigenvalue weighted by Crippen LogP contribution is 2.35. The second-order valence-corrected chi connectivity index (χ2v) is 8.34. The number of alkyl halides is 3. The van der Waals surface area contributed by atoms with E-state index in [9.17, 15) is 27.2 Å². The molecule has 1 aromatic carbocycles. The Morgan fingerprint density at radius 2 is 1.92 bits per heavy atom. The number of anilines is 1. The second kappa shape index (κ2) is 14.0. The lowest BCUT2D eigenvalue weighted by Crippen LogP contribution is -2.45. The molecule has 2 unspecified atom stereocenters. The van der Waals surface area contributed by atoms with E-state index in [1.54, 1.807) is 11.8 Å². The van der Waals surface area contributed by atoms with Crippen molar-refractivity contribution in [2.75, 3.05) is 25.5 Å². The van der Waals surface area contributed by atoms with Crippen LogP contribution in [-0.4, -0.2) is 49.0 Å². The van der Waals surface area contributed by atoms with E-state index in [-0.39, 0.29) is 48.0 Å². The van der Waals surface area contributed by atoms with Crippen LogP contribution >= 0.6 is 11.6 Å². The fraction of sp³-hybridized carbons (Fsp3) is 0.423. The van der Waals surface area contributed by atoms with Gasteiger partial charge in [0.1, 0.15) is 11.7 Å². The lowest BCUT2D eigenvalue weighted by molar-refractivity contribution is -0.148. The second-order valence-electron chi connectivity index (χ2n) is 7.93. The van der Waals surface area contributed by atoms with Gasteiger partial charge in [-0.1, -0.05) is 51.1 Å². The summed E-state index contributed by atoms with van der Waals surface area (Å²) >= 11 is 5.89. The summed E-state index contributed by atoms with van der Waals surface area (Å²) < 4.78 is 60.2. The number of amidine groups is 1. The van der Waals surface area contributed by atoms with Crippen molar-refractivity contribution in [1.29, 1.82) is 5.41 Å². The Labute approximate surface area is 219 Å². The van der Waals surface area contributed by atoms with E-state index in [0.717, 1.165) is 19.1 Å². The predicted octanol–water partition coefficient (Wildman–Crippen LogP) is 6.43. The van der Waals surface area contributed by atoms with Crippen LogP contribution in [0.5, 0.6) is 0 Å². The molecule has 1 saturated heterocycles. The number of carbonyl (C=O) groups excluding carboxylic acids is 2. The Morgan fingerprint density at radius 3 is 2.41 bits per heavy atom. The zero-order valence-corrected chi connectivity index (χ0v) is 22.2. The van der Waals surface area contributed by atoms with Gasteiger partial charge in [-0.05, 0) is 37.5 Å². The molecule has 204 valence electrons. The van der Waals surface area contributed by atoms with Gasteiger partial charge in [-0.15, -0.1) is 0 Å². The molecular formula is C26H32ClF4N3O3. The van der Waals surface area contributed by atoms with Crippen LogP contribution in [0.25, 0.3) is 0 Å². The highest BCUT2D eigenvalue weighted by Gasteiger charge is 2.39. The van der Waals surface area contributed by atoms with Crippen molar-refractivity contribution in [1.82, 2.24) is 4.90 Å². The van der Waals surface area contributed by atoms with Crippen molar-refractivity contribution >= 4 is 35.0 Å². The van der Waals surface area contributed by atoms with Crippen LogP contribution in [0.4, 0.5) is 23.2 Å². The number of hydrogen-bond acceptors (Lipinski definition) is 4. The summed E-state index contributed by atoms with van der Waals surface area (Å²) in [6, 6.07) is 3.61. The molecule has 1 fully saturated rings. The summed E-state index contributed by atoms with van der Waals surface area (Å²) in [6.45, 7) is 10.7. The number of allylic oxidation sites excluding steroid dienone is 3. The number of benzene rings is 1. The average Bonchev–Trinajstić information content (AvgIpc) is 2.86. The first-order chi connectivity index (χ1) is 17.4. The summed E-state index contributed by atoms with van der Waals surface area (Å²) in [6.07, 6.45) is -2.93. The van der Waals surface area contributed by atoms with Crippen LogP contribution in [-0.2, 0) is 14.3 Å². The standard InChI is InChI=1S/C24H26ClF4N3O3.C2H6/c1-5-15(24(27,28)29)19(16(25)6-2)22(33)31-18-9-7-8-17(26)20(18)21(30)32-11-10-14(13(3)12-32)23(34)35-4;1-2/h5-9,13-14,30H,2,10-12H2,1,3-4H3,(H,31,33);1-2H3/b15-5+,19-16-,30-21?;. The first-order valence-electron chi connectivity index (χ1n) is 11.6. The number of hydrogen-bond donors (Lipinski definition) is 2. The highest BCUT2D eigenvalue weighted by molar-refractivity contribution is 6.34. The van der Waals surface area contributed by atoms with Crippen molar-refractivity contribution < 1.29 is 31.9 Å². The van der Waals surface area contributed by atoms with E-state index >= 15 is 0 Å². The van der Waals surface area contributed by atoms with Gasteiger partial charge in [0, 0.05) is 13.1 Å². The molecule has 37 heavy (non-hydrogen) atoms. The minimum Gasteiger partial charge on any atom is -0.469 e. The van der Waals surface area contributed by atoms with Gasteiger partial charge in [0.15, 0.2) is 0 Å². The van der Waals surface area contributed by atoms with Crippen LogP contribution in [0, 0.1) is 23.1 Å². The molecule has 0 aromatic heterocycles. The molecule has 11 heteroatoms. The van der Waals surface area contributed by atoms with Gasteiger partial charge >= 0.3 is 12.1 Å². The normalized spacial score (nSPS) is 18.6. The van der Waals surface area contributed by atoms with E-state index in [1.165, 1.54) is 19.2 Å². The van der Waals surface area contributed by atoms with E-state index in [2.05, 4.69) is 11.9 Å². The van der Waals surface area contributed by atoms with Crippen LogP contribution in [0.1, 0.15) is 39.7 Å². The fourth-order valence-electron chi connectivity index (χ4n) is 3.97. The fourth-order valence-corrected chi connectivity index (χ4v) is 4.16. The maximum Gasteiger partial charge on any atom is 0.416 e. The molecule has 1 aliphatic rings. The summed E-state index contributed by atoms with van der Waals surface area (Å²) in [5.74, 6) is -3.32. The number of methoxy groups -OCH3 is 1. The summed E-state index contributed by atoms with van der Waals surface area (Å²) in [5, 5.41) is 10.3. The molecule has 2 atom stereocenters. The molecule has 0 radical (unpaired) electrons. The maximum atomic E-state index is 14.9. The number of rotatable bonds is 6. The molecule has 1 heterocycles. The van der Waals surface area contributed by atoms with Gasteiger partial charge in [-0.2, -0.15) is 13.2 Å². The van der Waals surface area contributed by atoms with E-state index in [4.69, 9.17) is 21.7 Å². The largest absolute Gasteiger partial charge is 0.469 e. The minimum atomic E-state index is -4.89. The number of amides is 1. The van der Waals surface area contributed by atoms with Gasteiger partial charge in [0.05, 0.1) is 40.5 Å².